The molecule has 0 saturated carbocycles. The highest BCUT2D eigenvalue weighted by atomic mass is 35.5. The molecule has 2 fully saturated rings. The maximum absolute atomic E-state index is 6.02. The predicted molar refractivity (Wildman–Crippen MR) is 72.3 cm³/mol. The number of ether oxygens (including phenoxy) is 1. The summed E-state index contributed by atoms with van der Waals surface area (Å²) in [6.45, 7) is 0. The van der Waals surface area contributed by atoms with E-state index < -0.39 is 0 Å². The average Bonchev–Trinajstić information content (AvgIpc) is 2.98. The van der Waals surface area contributed by atoms with Crippen molar-refractivity contribution in [2.24, 2.45) is 11.8 Å². The van der Waals surface area contributed by atoms with Crippen LogP contribution in [0.1, 0.15) is 24.8 Å². The fourth-order valence-electron chi connectivity index (χ4n) is 3.35. The van der Waals surface area contributed by atoms with Gasteiger partial charge in [0.2, 0.25) is 0 Å². The molecule has 3 N–H and O–H groups in total. The van der Waals surface area contributed by atoms with Gasteiger partial charge in [-0.1, -0.05) is 23.7 Å². The Hall–Kier alpha value is -0.610. The minimum absolute atomic E-state index is 0.277. The molecule has 1 aromatic rings. The van der Waals surface area contributed by atoms with Gasteiger partial charge in [-0.2, -0.15) is 0 Å². The first-order chi connectivity index (χ1) is 8.76. The van der Waals surface area contributed by atoms with E-state index in [9.17, 15) is 0 Å². The second-order valence-electron chi connectivity index (χ2n) is 5.38. The van der Waals surface area contributed by atoms with Gasteiger partial charge in [0.05, 0.1) is 12.2 Å². The molecule has 4 atom stereocenters. The third kappa shape index (κ3) is 2.41. The topological polar surface area (TPSA) is 47.3 Å². The molecule has 2 heterocycles. The molecule has 2 aliphatic heterocycles. The number of fused-ring (bicyclic) bond motifs is 2. The van der Waals surface area contributed by atoms with Crippen LogP contribution < -0.4 is 11.3 Å². The summed E-state index contributed by atoms with van der Waals surface area (Å²) in [5.41, 5.74) is 4.20. The second kappa shape index (κ2) is 5.17. The number of rotatable bonds is 4. The zero-order valence-electron chi connectivity index (χ0n) is 10.3. The SMILES string of the molecule is NNC(Cc1cccc(Cl)c1)C1CC2CCC1O2. The zero-order valence-corrected chi connectivity index (χ0v) is 11.1. The first kappa shape index (κ1) is 12.4. The van der Waals surface area contributed by atoms with E-state index in [4.69, 9.17) is 22.2 Å². The van der Waals surface area contributed by atoms with Gasteiger partial charge in [-0.25, -0.2) is 0 Å². The van der Waals surface area contributed by atoms with E-state index >= 15 is 0 Å². The number of hydrazine groups is 1. The Morgan fingerprint density at radius 1 is 1.44 bits per heavy atom. The molecule has 2 saturated heterocycles. The Labute approximate surface area is 113 Å². The lowest BCUT2D eigenvalue weighted by Crippen LogP contribution is -2.45. The largest absolute Gasteiger partial charge is 0.375 e. The number of nitrogens with one attached hydrogen (secondary N) is 1. The monoisotopic (exact) mass is 266 g/mol. The van der Waals surface area contributed by atoms with Gasteiger partial charge in [-0.3, -0.25) is 11.3 Å². The molecule has 0 amide bonds. The van der Waals surface area contributed by atoms with E-state index in [1.54, 1.807) is 0 Å². The highest BCUT2D eigenvalue weighted by molar-refractivity contribution is 6.30. The number of hydrogen-bond acceptors (Lipinski definition) is 3. The molecule has 3 nitrogen and oxygen atoms in total. The van der Waals surface area contributed by atoms with Crippen molar-refractivity contribution in [1.82, 2.24) is 5.43 Å². The van der Waals surface area contributed by atoms with Crippen molar-refractivity contribution in [3.63, 3.8) is 0 Å². The van der Waals surface area contributed by atoms with Crippen LogP contribution in [0.5, 0.6) is 0 Å². The maximum atomic E-state index is 6.02. The van der Waals surface area contributed by atoms with Gasteiger partial charge >= 0.3 is 0 Å². The van der Waals surface area contributed by atoms with E-state index in [-0.39, 0.29) is 6.04 Å². The van der Waals surface area contributed by atoms with Gasteiger partial charge < -0.3 is 4.74 Å². The summed E-state index contributed by atoms with van der Waals surface area (Å²) >= 11 is 6.02. The van der Waals surface area contributed by atoms with Crippen LogP contribution in [0.25, 0.3) is 0 Å². The van der Waals surface area contributed by atoms with Gasteiger partial charge in [-0.05, 0) is 43.4 Å². The van der Waals surface area contributed by atoms with E-state index in [2.05, 4.69) is 11.5 Å². The van der Waals surface area contributed by atoms with Gasteiger partial charge in [0.1, 0.15) is 0 Å². The van der Waals surface area contributed by atoms with Crippen molar-refractivity contribution in [1.29, 1.82) is 0 Å². The van der Waals surface area contributed by atoms with Gasteiger partial charge in [-0.15, -0.1) is 0 Å². The minimum atomic E-state index is 0.277. The Balaban J connectivity index is 1.69. The van der Waals surface area contributed by atoms with Crippen LogP contribution in [0.3, 0.4) is 0 Å². The van der Waals surface area contributed by atoms with Crippen LogP contribution in [0.15, 0.2) is 24.3 Å². The van der Waals surface area contributed by atoms with E-state index in [0.29, 0.717) is 18.1 Å². The summed E-state index contributed by atoms with van der Waals surface area (Å²) < 4.78 is 5.91. The van der Waals surface area contributed by atoms with Crippen molar-refractivity contribution >= 4 is 11.6 Å². The Morgan fingerprint density at radius 2 is 2.33 bits per heavy atom. The Kier molecular flexibility index (Phi) is 3.57. The first-order valence-corrected chi connectivity index (χ1v) is 7.00. The van der Waals surface area contributed by atoms with Gasteiger partial charge in [0.15, 0.2) is 0 Å². The van der Waals surface area contributed by atoms with Crippen LogP contribution in [-0.4, -0.2) is 18.2 Å². The third-order valence-corrected chi connectivity index (χ3v) is 4.46. The van der Waals surface area contributed by atoms with Crippen LogP contribution in [0.2, 0.25) is 5.02 Å². The molecule has 0 radical (unpaired) electrons. The summed E-state index contributed by atoms with van der Waals surface area (Å²) in [6, 6.07) is 8.28. The normalized spacial score (nSPS) is 31.8. The van der Waals surface area contributed by atoms with Crippen molar-refractivity contribution in [2.75, 3.05) is 0 Å². The fraction of sp³-hybridized carbons (Fsp3) is 0.571. The summed E-state index contributed by atoms with van der Waals surface area (Å²) in [4.78, 5) is 0. The molecule has 98 valence electrons. The number of nitrogens with two attached hydrogens (primary N) is 1. The molecule has 3 rings (SSSR count). The quantitative estimate of drug-likeness (QED) is 0.649. The first-order valence-electron chi connectivity index (χ1n) is 6.62. The van der Waals surface area contributed by atoms with E-state index in [1.807, 2.05) is 18.2 Å². The molecule has 2 aliphatic rings. The molecule has 0 spiro atoms. The highest BCUT2D eigenvalue weighted by Crippen LogP contribution is 2.40. The van der Waals surface area contributed by atoms with Crippen LogP contribution in [0.4, 0.5) is 0 Å². The second-order valence-corrected chi connectivity index (χ2v) is 5.82. The smallest absolute Gasteiger partial charge is 0.0624 e. The van der Waals surface area contributed by atoms with Crippen molar-refractivity contribution < 1.29 is 4.74 Å². The molecular formula is C14H19ClN2O. The van der Waals surface area contributed by atoms with Crippen LogP contribution in [0, 0.1) is 5.92 Å². The molecule has 0 aromatic heterocycles. The Bertz CT molecular complexity index is 426. The van der Waals surface area contributed by atoms with E-state index in [1.165, 1.54) is 18.4 Å². The van der Waals surface area contributed by atoms with Crippen molar-refractivity contribution in [3.05, 3.63) is 34.9 Å². The van der Waals surface area contributed by atoms with Crippen molar-refractivity contribution in [2.45, 2.75) is 43.9 Å². The molecule has 18 heavy (non-hydrogen) atoms. The molecule has 0 aliphatic carbocycles. The summed E-state index contributed by atoms with van der Waals surface area (Å²) in [6.07, 6.45) is 5.32. The molecule has 1 aromatic carbocycles. The standard InChI is InChI=1S/C14H19ClN2O/c15-10-3-1-2-9(6-10)7-13(17-16)12-8-11-4-5-14(12)18-11/h1-3,6,11-14,17H,4-5,7-8,16H2. The third-order valence-electron chi connectivity index (χ3n) is 4.23. The van der Waals surface area contributed by atoms with Gasteiger partial charge in [0.25, 0.3) is 0 Å². The number of benzene rings is 1. The summed E-state index contributed by atoms with van der Waals surface area (Å²) in [7, 11) is 0. The highest BCUT2D eigenvalue weighted by Gasteiger charge is 2.43. The molecule has 2 bridgehead atoms. The average molecular weight is 267 g/mol. The lowest BCUT2D eigenvalue weighted by atomic mass is 9.82. The fourth-order valence-corrected chi connectivity index (χ4v) is 3.57. The van der Waals surface area contributed by atoms with Crippen molar-refractivity contribution in [3.8, 4) is 0 Å². The van der Waals surface area contributed by atoms with Crippen LogP contribution >= 0.6 is 11.6 Å². The molecular weight excluding hydrogens is 248 g/mol. The minimum Gasteiger partial charge on any atom is -0.375 e. The number of halogens is 1. The maximum Gasteiger partial charge on any atom is 0.0624 e. The van der Waals surface area contributed by atoms with E-state index in [0.717, 1.165) is 17.9 Å². The lowest BCUT2D eigenvalue weighted by Gasteiger charge is -2.28. The summed E-state index contributed by atoms with van der Waals surface area (Å²) in [5.74, 6) is 6.27. The zero-order chi connectivity index (χ0) is 12.5. The van der Waals surface area contributed by atoms with Crippen LogP contribution in [-0.2, 0) is 11.2 Å². The lowest BCUT2D eigenvalue weighted by molar-refractivity contribution is 0.0857. The predicted octanol–water partition coefficient (Wildman–Crippen LogP) is 2.28. The molecule has 4 unspecified atom stereocenters. The Morgan fingerprint density at radius 3 is 2.94 bits per heavy atom. The number of hydrogen-bond donors (Lipinski definition) is 2. The molecule has 4 heteroatoms. The van der Waals surface area contributed by atoms with Gasteiger partial charge in [0, 0.05) is 17.0 Å². The summed E-state index contributed by atoms with van der Waals surface area (Å²) in [5, 5.41) is 0.785.